The zero-order chi connectivity index (χ0) is 17.4. The van der Waals surface area contributed by atoms with Gasteiger partial charge in [0.25, 0.3) is 11.6 Å². The number of aromatic nitrogens is 3. The van der Waals surface area contributed by atoms with Crippen LogP contribution < -0.4 is 10.2 Å². The first-order valence-corrected chi connectivity index (χ1v) is 7.63. The van der Waals surface area contributed by atoms with Crippen molar-refractivity contribution in [1.29, 1.82) is 0 Å². The minimum absolute atomic E-state index is 0.104. The largest absolute Gasteiger partial charge is 0.357 e. The predicted molar refractivity (Wildman–Crippen MR) is 88.2 cm³/mol. The number of nitrogens with zero attached hydrogens (tertiary/aromatic N) is 5. The number of pyridine rings is 1. The fourth-order valence-electron chi connectivity index (χ4n) is 2.69. The molecule has 3 rings (SSSR count). The number of aryl methyl sites for hydroxylation is 2. The molecule has 1 saturated heterocycles. The van der Waals surface area contributed by atoms with Crippen LogP contribution in [-0.4, -0.2) is 38.2 Å². The van der Waals surface area contributed by atoms with Crippen LogP contribution in [0, 0.1) is 17.0 Å². The van der Waals surface area contributed by atoms with E-state index in [1.807, 2.05) is 13.0 Å². The average molecular weight is 351 g/mol. The summed E-state index contributed by atoms with van der Waals surface area (Å²) in [5.41, 5.74) is 0.632. The van der Waals surface area contributed by atoms with Crippen molar-refractivity contribution in [2.24, 2.45) is 7.05 Å². The van der Waals surface area contributed by atoms with Crippen molar-refractivity contribution in [3.8, 4) is 0 Å². The van der Waals surface area contributed by atoms with E-state index >= 15 is 0 Å². The Morgan fingerprint density at radius 2 is 2.21 bits per heavy atom. The molecule has 0 aliphatic carbocycles. The molecule has 1 unspecified atom stereocenters. The summed E-state index contributed by atoms with van der Waals surface area (Å²) < 4.78 is 1.66. The second-order valence-electron chi connectivity index (χ2n) is 5.52. The van der Waals surface area contributed by atoms with Crippen molar-refractivity contribution < 1.29 is 9.72 Å². The van der Waals surface area contributed by atoms with Crippen molar-refractivity contribution >= 4 is 34.8 Å². The minimum Gasteiger partial charge on any atom is -0.357 e. The highest BCUT2D eigenvalue weighted by Gasteiger charge is 2.34. The van der Waals surface area contributed by atoms with Gasteiger partial charge in [-0.2, -0.15) is 5.10 Å². The number of anilines is 2. The van der Waals surface area contributed by atoms with Crippen LogP contribution in [0.2, 0.25) is 5.02 Å². The Hall–Kier alpha value is -2.68. The Kier molecular flexibility index (Phi) is 4.10. The van der Waals surface area contributed by atoms with E-state index in [2.05, 4.69) is 15.4 Å². The van der Waals surface area contributed by atoms with Crippen LogP contribution in [0.1, 0.15) is 12.1 Å². The van der Waals surface area contributed by atoms with E-state index in [1.54, 1.807) is 16.6 Å². The lowest BCUT2D eigenvalue weighted by Crippen LogP contribution is -2.34. The summed E-state index contributed by atoms with van der Waals surface area (Å²) >= 11 is 6.01. The summed E-state index contributed by atoms with van der Waals surface area (Å²) in [6, 6.07) is 2.56. The first kappa shape index (κ1) is 16.2. The summed E-state index contributed by atoms with van der Waals surface area (Å²) in [5, 5.41) is 18.0. The maximum atomic E-state index is 12.6. The molecule has 3 heterocycles. The number of nitro groups is 1. The second kappa shape index (κ2) is 6.08. The van der Waals surface area contributed by atoms with Gasteiger partial charge in [0.05, 0.1) is 15.6 Å². The average Bonchev–Trinajstić information content (AvgIpc) is 3.03. The lowest BCUT2D eigenvalue weighted by molar-refractivity contribution is -0.385. The first-order chi connectivity index (χ1) is 11.4. The Labute approximate surface area is 142 Å². The van der Waals surface area contributed by atoms with Crippen molar-refractivity contribution in [3.05, 3.63) is 39.2 Å². The monoisotopic (exact) mass is 350 g/mol. The molecule has 10 heteroatoms. The molecule has 1 fully saturated rings. The van der Waals surface area contributed by atoms with Gasteiger partial charge in [-0.15, -0.1) is 0 Å². The first-order valence-electron chi connectivity index (χ1n) is 7.25. The van der Waals surface area contributed by atoms with Crippen LogP contribution in [0.4, 0.5) is 17.3 Å². The van der Waals surface area contributed by atoms with Crippen molar-refractivity contribution in [3.63, 3.8) is 0 Å². The minimum atomic E-state index is -0.574. The molecule has 0 saturated carbocycles. The zero-order valence-electron chi connectivity index (χ0n) is 13.1. The number of rotatable bonds is 4. The van der Waals surface area contributed by atoms with Gasteiger partial charge in [-0.3, -0.25) is 24.5 Å². The second-order valence-corrected chi connectivity index (χ2v) is 5.93. The molecule has 1 aliphatic heterocycles. The molecule has 2 aromatic rings. The summed E-state index contributed by atoms with van der Waals surface area (Å²) in [4.78, 5) is 28.3. The zero-order valence-corrected chi connectivity index (χ0v) is 13.8. The highest BCUT2D eigenvalue weighted by atomic mass is 35.5. The number of carbonyl (C=O) groups is 1. The number of nitrogens with one attached hydrogen (secondary N) is 1. The molecule has 1 amide bonds. The van der Waals surface area contributed by atoms with Gasteiger partial charge in [-0.05, 0) is 13.3 Å². The highest BCUT2D eigenvalue weighted by Crippen LogP contribution is 2.28. The van der Waals surface area contributed by atoms with E-state index in [0.717, 1.165) is 17.7 Å². The van der Waals surface area contributed by atoms with Crippen LogP contribution in [-0.2, 0) is 11.8 Å². The van der Waals surface area contributed by atoms with Crippen molar-refractivity contribution in [2.75, 3.05) is 16.8 Å². The van der Waals surface area contributed by atoms with E-state index in [1.165, 1.54) is 6.07 Å². The fourth-order valence-corrected chi connectivity index (χ4v) is 2.90. The maximum Gasteiger partial charge on any atom is 0.289 e. The number of amides is 1. The quantitative estimate of drug-likeness (QED) is 0.666. The molecule has 0 radical (unpaired) electrons. The molecule has 0 aromatic carbocycles. The van der Waals surface area contributed by atoms with Gasteiger partial charge in [0.15, 0.2) is 0 Å². The number of hydrogen-bond donors (Lipinski definition) is 1. The normalized spacial score (nSPS) is 17.4. The summed E-state index contributed by atoms with van der Waals surface area (Å²) in [6.07, 6.45) is 1.67. The Balaban J connectivity index is 1.77. The Morgan fingerprint density at radius 1 is 1.46 bits per heavy atom. The highest BCUT2D eigenvalue weighted by molar-refractivity contribution is 6.33. The van der Waals surface area contributed by atoms with E-state index in [0.29, 0.717) is 13.0 Å². The van der Waals surface area contributed by atoms with Gasteiger partial charge < -0.3 is 5.32 Å². The fraction of sp³-hybridized carbons (Fsp3) is 0.357. The molecule has 24 heavy (non-hydrogen) atoms. The molecular weight excluding hydrogens is 336 g/mol. The smallest absolute Gasteiger partial charge is 0.289 e. The van der Waals surface area contributed by atoms with E-state index in [-0.39, 0.29) is 22.4 Å². The third kappa shape index (κ3) is 2.90. The number of carbonyl (C=O) groups excluding carboxylic acids is 1. The lowest BCUT2D eigenvalue weighted by atomic mass is 10.2. The van der Waals surface area contributed by atoms with Gasteiger partial charge >= 0.3 is 0 Å². The molecule has 0 bridgehead atoms. The van der Waals surface area contributed by atoms with Crippen LogP contribution in [0.5, 0.6) is 0 Å². The molecule has 2 aromatic heterocycles. The third-order valence-electron chi connectivity index (χ3n) is 3.81. The van der Waals surface area contributed by atoms with Gasteiger partial charge in [-0.1, -0.05) is 11.6 Å². The molecule has 126 valence electrons. The van der Waals surface area contributed by atoms with Crippen LogP contribution in [0.15, 0.2) is 18.3 Å². The maximum absolute atomic E-state index is 12.6. The van der Waals surface area contributed by atoms with Gasteiger partial charge in [-0.25, -0.2) is 4.98 Å². The Morgan fingerprint density at radius 3 is 2.79 bits per heavy atom. The number of halogens is 1. The van der Waals surface area contributed by atoms with Crippen LogP contribution in [0.25, 0.3) is 0 Å². The standard InChI is InChI=1S/C14H15ClN6O3/c1-8-5-12(19(2)18-8)20-4-3-11(14(20)22)17-13-10(15)6-9(7-16-13)21(23)24/h5-7,11H,3-4H2,1-2H3,(H,16,17). The molecule has 9 nitrogen and oxygen atoms in total. The van der Waals surface area contributed by atoms with Gasteiger partial charge in [0.2, 0.25) is 0 Å². The van der Waals surface area contributed by atoms with Gasteiger partial charge in [0.1, 0.15) is 23.9 Å². The summed E-state index contributed by atoms with van der Waals surface area (Å²) in [6.45, 7) is 2.40. The lowest BCUT2D eigenvalue weighted by Gasteiger charge is -2.17. The Bertz CT molecular complexity index is 821. The van der Waals surface area contributed by atoms with Crippen molar-refractivity contribution in [1.82, 2.24) is 14.8 Å². The summed E-state index contributed by atoms with van der Waals surface area (Å²) in [5.74, 6) is 0.863. The van der Waals surface area contributed by atoms with Crippen molar-refractivity contribution in [2.45, 2.75) is 19.4 Å². The predicted octanol–water partition coefficient (Wildman–Crippen LogP) is 1.90. The summed E-state index contributed by atoms with van der Waals surface area (Å²) in [7, 11) is 1.78. The van der Waals surface area contributed by atoms with Gasteiger partial charge in [0, 0.05) is 25.7 Å². The molecule has 0 spiro atoms. The SMILES string of the molecule is Cc1cc(N2CCC(Nc3ncc([N+](=O)[O-])cc3Cl)C2=O)n(C)n1. The van der Waals surface area contributed by atoms with Crippen LogP contribution >= 0.6 is 11.6 Å². The van der Waals surface area contributed by atoms with E-state index < -0.39 is 11.0 Å². The molecular formula is C14H15ClN6O3. The molecule has 1 N–H and O–H groups in total. The van der Waals surface area contributed by atoms with E-state index in [4.69, 9.17) is 11.6 Å². The molecule has 1 aliphatic rings. The number of hydrogen-bond acceptors (Lipinski definition) is 6. The third-order valence-corrected chi connectivity index (χ3v) is 4.10. The van der Waals surface area contributed by atoms with Crippen LogP contribution in [0.3, 0.4) is 0 Å². The topological polar surface area (TPSA) is 106 Å². The van der Waals surface area contributed by atoms with E-state index in [9.17, 15) is 14.9 Å². The molecule has 1 atom stereocenters.